The Morgan fingerprint density at radius 1 is 1.40 bits per heavy atom. The van der Waals surface area contributed by atoms with Gasteiger partial charge >= 0.3 is 0 Å². The zero-order valence-electron chi connectivity index (χ0n) is 5.63. The molecule has 10 heavy (non-hydrogen) atoms. The van der Waals surface area contributed by atoms with E-state index in [0.29, 0.717) is 17.5 Å². The van der Waals surface area contributed by atoms with Crippen LogP contribution in [0.15, 0.2) is 10.3 Å². The molecule has 1 saturated carbocycles. The lowest BCUT2D eigenvalue weighted by atomic mass is 9.91. The van der Waals surface area contributed by atoms with Crippen LogP contribution in [0.1, 0.15) is 19.3 Å². The Balaban J connectivity index is 2.01. The molecule has 0 aromatic heterocycles. The van der Waals surface area contributed by atoms with Crippen molar-refractivity contribution < 1.29 is 0 Å². The van der Waals surface area contributed by atoms with Crippen LogP contribution in [0.2, 0.25) is 0 Å². The average Bonchev–Trinajstić information content (AvgIpc) is 2.33. The zero-order chi connectivity index (χ0) is 6.97. The van der Waals surface area contributed by atoms with Crippen molar-refractivity contribution >= 4 is 11.6 Å². The lowest BCUT2D eigenvalue weighted by Crippen LogP contribution is -2.37. The van der Waals surface area contributed by atoms with Crippen molar-refractivity contribution in [2.45, 2.75) is 36.7 Å². The van der Waals surface area contributed by atoms with Gasteiger partial charge in [0.25, 0.3) is 0 Å². The molecule has 3 unspecified atom stereocenters. The number of nitrogens with zero attached hydrogens (tertiary/aromatic N) is 2. The molecule has 0 saturated heterocycles. The molecule has 3 nitrogen and oxygen atoms in total. The molecule has 1 heterocycles. The Kier molecular flexibility index (Phi) is 1.52. The Labute approximate surface area is 64.8 Å². The first-order valence-corrected chi connectivity index (χ1v) is 4.09. The molecule has 56 valence electrons. The third-order valence-electron chi connectivity index (χ3n) is 2.18. The molecular formula is C6H10ClN3. The van der Waals surface area contributed by atoms with Crippen LogP contribution >= 0.6 is 11.6 Å². The van der Waals surface area contributed by atoms with E-state index in [-0.39, 0.29) is 0 Å². The van der Waals surface area contributed by atoms with Crippen molar-refractivity contribution in [3.63, 3.8) is 0 Å². The van der Waals surface area contributed by atoms with E-state index >= 15 is 0 Å². The van der Waals surface area contributed by atoms with Gasteiger partial charge in [0.15, 0.2) is 0 Å². The van der Waals surface area contributed by atoms with Crippen molar-refractivity contribution in [1.82, 2.24) is 5.43 Å². The first-order valence-electron chi connectivity index (χ1n) is 3.66. The van der Waals surface area contributed by atoms with Gasteiger partial charge in [-0.1, -0.05) is 5.22 Å². The Bertz CT molecular complexity index is 159. The predicted molar refractivity (Wildman–Crippen MR) is 39.1 cm³/mol. The van der Waals surface area contributed by atoms with E-state index < -0.39 is 0 Å². The third kappa shape index (κ3) is 0.985. The van der Waals surface area contributed by atoms with Crippen molar-refractivity contribution in [2.75, 3.05) is 0 Å². The topological polar surface area (TPSA) is 36.8 Å². The number of nitrogens with one attached hydrogen (secondary N) is 1. The minimum Gasteiger partial charge on any atom is -0.286 e. The second-order valence-corrected chi connectivity index (χ2v) is 3.55. The standard InChI is InChI=1S/C6H10ClN3/c7-4-1-2-5-6(3-4)9-10-8-5/h4-6H,1-3H2,(H,8,9). The van der Waals surface area contributed by atoms with Crippen LogP contribution in [0.25, 0.3) is 0 Å². The number of rotatable bonds is 0. The fourth-order valence-electron chi connectivity index (χ4n) is 1.56. The predicted octanol–water partition coefficient (Wildman–Crippen LogP) is 1.49. The van der Waals surface area contributed by atoms with E-state index in [1.807, 2.05) is 0 Å². The normalized spacial score (nSPS) is 44.7. The van der Waals surface area contributed by atoms with Gasteiger partial charge in [0.05, 0.1) is 12.1 Å². The summed E-state index contributed by atoms with van der Waals surface area (Å²) < 4.78 is 0. The Hall–Kier alpha value is -0.310. The number of hydrogen-bond donors (Lipinski definition) is 1. The molecule has 1 aliphatic heterocycles. The molecule has 1 fully saturated rings. The largest absolute Gasteiger partial charge is 0.286 e. The molecule has 1 aliphatic carbocycles. The molecular weight excluding hydrogens is 150 g/mol. The molecule has 0 bridgehead atoms. The van der Waals surface area contributed by atoms with Gasteiger partial charge in [-0.3, -0.25) is 5.43 Å². The zero-order valence-corrected chi connectivity index (χ0v) is 6.38. The molecule has 4 heteroatoms. The van der Waals surface area contributed by atoms with E-state index in [2.05, 4.69) is 15.8 Å². The van der Waals surface area contributed by atoms with Crippen LogP contribution in [0, 0.1) is 0 Å². The maximum atomic E-state index is 5.96. The Morgan fingerprint density at radius 3 is 3.20 bits per heavy atom. The van der Waals surface area contributed by atoms with E-state index in [1.165, 1.54) is 0 Å². The van der Waals surface area contributed by atoms with Gasteiger partial charge in [-0.15, -0.1) is 11.6 Å². The fraction of sp³-hybridized carbons (Fsp3) is 1.00. The summed E-state index contributed by atoms with van der Waals surface area (Å²) in [5, 5.41) is 8.16. The van der Waals surface area contributed by atoms with E-state index in [9.17, 15) is 0 Å². The van der Waals surface area contributed by atoms with E-state index in [4.69, 9.17) is 11.6 Å². The highest BCUT2D eigenvalue weighted by Gasteiger charge is 2.32. The molecule has 0 aromatic carbocycles. The molecule has 0 radical (unpaired) electrons. The van der Waals surface area contributed by atoms with Gasteiger partial charge in [-0.05, 0) is 19.3 Å². The highest BCUT2D eigenvalue weighted by atomic mass is 35.5. The van der Waals surface area contributed by atoms with Crippen LogP contribution in [0.4, 0.5) is 0 Å². The quantitative estimate of drug-likeness (QED) is 0.535. The van der Waals surface area contributed by atoms with Gasteiger partial charge in [-0.2, -0.15) is 5.11 Å². The van der Waals surface area contributed by atoms with Crippen LogP contribution in [0.3, 0.4) is 0 Å². The second-order valence-electron chi connectivity index (χ2n) is 2.93. The van der Waals surface area contributed by atoms with Gasteiger partial charge in [0, 0.05) is 5.38 Å². The van der Waals surface area contributed by atoms with Gasteiger partial charge in [0.2, 0.25) is 0 Å². The van der Waals surface area contributed by atoms with Crippen LogP contribution < -0.4 is 5.43 Å². The highest BCUT2D eigenvalue weighted by Crippen LogP contribution is 2.27. The molecule has 0 spiro atoms. The molecule has 3 atom stereocenters. The summed E-state index contributed by atoms with van der Waals surface area (Å²) in [5.41, 5.74) is 2.96. The minimum atomic E-state index is 0.331. The molecule has 2 rings (SSSR count). The number of halogens is 1. The summed E-state index contributed by atoms with van der Waals surface area (Å²) in [6, 6.07) is 0.839. The summed E-state index contributed by atoms with van der Waals surface area (Å²) in [6.07, 6.45) is 3.19. The van der Waals surface area contributed by atoms with Crippen LogP contribution in [-0.2, 0) is 0 Å². The second kappa shape index (κ2) is 2.38. The molecule has 0 amide bonds. The highest BCUT2D eigenvalue weighted by molar-refractivity contribution is 6.20. The monoisotopic (exact) mass is 159 g/mol. The fourth-order valence-corrected chi connectivity index (χ4v) is 1.88. The van der Waals surface area contributed by atoms with Gasteiger partial charge in [0.1, 0.15) is 0 Å². The van der Waals surface area contributed by atoms with E-state index in [1.54, 1.807) is 0 Å². The minimum absolute atomic E-state index is 0.331. The Morgan fingerprint density at radius 2 is 2.30 bits per heavy atom. The molecule has 0 aromatic rings. The van der Waals surface area contributed by atoms with Gasteiger partial charge in [-0.25, -0.2) is 0 Å². The van der Waals surface area contributed by atoms with Crippen LogP contribution in [0.5, 0.6) is 0 Å². The molecule has 1 N–H and O–H groups in total. The first-order chi connectivity index (χ1) is 4.86. The van der Waals surface area contributed by atoms with Crippen molar-refractivity contribution in [3.8, 4) is 0 Å². The lowest BCUT2D eigenvalue weighted by molar-refractivity contribution is 0.383. The van der Waals surface area contributed by atoms with Crippen molar-refractivity contribution in [3.05, 3.63) is 0 Å². The summed E-state index contributed by atoms with van der Waals surface area (Å²) >= 11 is 5.96. The maximum absolute atomic E-state index is 5.96. The van der Waals surface area contributed by atoms with Crippen molar-refractivity contribution in [1.29, 1.82) is 0 Å². The summed E-state index contributed by atoms with van der Waals surface area (Å²) in [6.45, 7) is 0. The smallest absolute Gasteiger partial charge is 0.0948 e. The number of hydrogen-bond acceptors (Lipinski definition) is 3. The summed E-state index contributed by atoms with van der Waals surface area (Å²) in [7, 11) is 0. The lowest BCUT2D eigenvalue weighted by Gasteiger charge is -2.24. The number of fused-ring (bicyclic) bond motifs is 1. The maximum Gasteiger partial charge on any atom is 0.0948 e. The van der Waals surface area contributed by atoms with Crippen LogP contribution in [-0.4, -0.2) is 17.5 Å². The average molecular weight is 160 g/mol. The third-order valence-corrected chi connectivity index (χ3v) is 2.58. The van der Waals surface area contributed by atoms with Gasteiger partial charge < -0.3 is 0 Å². The molecule has 2 aliphatic rings. The number of alkyl halides is 1. The van der Waals surface area contributed by atoms with E-state index in [0.717, 1.165) is 19.3 Å². The SMILES string of the molecule is ClC1CCC2N=NNC2C1. The van der Waals surface area contributed by atoms with Crippen molar-refractivity contribution in [2.24, 2.45) is 10.3 Å². The summed E-state index contributed by atoms with van der Waals surface area (Å²) in [5.74, 6) is 0. The first kappa shape index (κ1) is 6.40. The summed E-state index contributed by atoms with van der Waals surface area (Å²) in [4.78, 5) is 0.